The fraction of sp³-hybridized carbons (Fsp3) is 0.600. The molecule has 14 nitrogen and oxygen atoms in total. The monoisotopic (exact) mass is 684 g/mol. The molecule has 0 radical (unpaired) electrons. The number of nitrogens with one attached hydrogen (secondary N) is 6. The van der Waals surface area contributed by atoms with Gasteiger partial charge in [0.15, 0.2) is 0 Å². The van der Waals surface area contributed by atoms with E-state index >= 15 is 0 Å². The summed E-state index contributed by atoms with van der Waals surface area (Å²) in [6, 6.07) is 5.12. The first-order valence-electron chi connectivity index (χ1n) is 17.0. The Balaban J connectivity index is 1.64. The van der Waals surface area contributed by atoms with Gasteiger partial charge in [-0.2, -0.15) is 0 Å². The van der Waals surface area contributed by atoms with Crippen molar-refractivity contribution in [2.45, 2.75) is 110 Å². The van der Waals surface area contributed by atoms with E-state index in [1.54, 1.807) is 26.8 Å². The van der Waals surface area contributed by atoms with Gasteiger partial charge in [0.2, 0.25) is 29.5 Å². The highest BCUT2D eigenvalue weighted by Crippen LogP contribution is 2.20. The van der Waals surface area contributed by atoms with Crippen molar-refractivity contribution in [3.63, 3.8) is 0 Å². The van der Waals surface area contributed by atoms with Gasteiger partial charge in [-0.05, 0) is 63.0 Å². The van der Waals surface area contributed by atoms with Crippen LogP contribution < -0.4 is 32.1 Å². The number of hydroxylamine groups is 1. The number of esters is 1. The van der Waals surface area contributed by atoms with Crippen LogP contribution in [-0.4, -0.2) is 72.3 Å². The van der Waals surface area contributed by atoms with Crippen LogP contribution in [0.2, 0.25) is 0 Å². The maximum Gasteiger partial charge on any atom is 0.306 e. The molecular weight excluding hydrogens is 632 g/mol. The molecular formula is C35H52N6O8. The number of rotatable bonds is 18. The number of ether oxygens (including phenoxy) is 1. The highest BCUT2D eigenvalue weighted by molar-refractivity contribution is 5.95. The average molecular weight is 685 g/mol. The Morgan fingerprint density at radius 3 is 2.24 bits per heavy atom. The van der Waals surface area contributed by atoms with Gasteiger partial charge in [-0.25, -0.2) is 0 Å². The number of hydrogen-bond acceptors (Lipinski definition) is 9. The summed E-state index contributed by atoms with van der Waals surface area (Å²) in [7, 11) is 0. The summed E-state index contributed by atoms with van der Waals surface area (Å²) in [5, 5.41) is 13.9. The number of carbonyl (C=O) groups excluding carboxylic acids is 6. The van der Waals surface area contributed by atoms with E-state index < -0.39 is 59.8 Å². The SMILES string of the molecule is CC1=C[C@@H](C(=O)N[C@@H](C)C(=O)N[C@H](C(=O)N[C@@H](CC(C)C)C(=O)N[C@H](CCC(=O)OCc2ccccc2)C[C@@H]2CCNC2=O)C(C)C)NO1. The van der Waals surface area contributed by atoms with Crippen LogP contribution in [0.25, 0.3) is 0 Å². The van der Waals surface area contributed by atoms with Crippen LogP contribution in [0.5, 0.6) is 0 Å². The number of allylic oxidation sites excluding steroid dienone is 1. The van der Waals surface area contributed by atoms with Crippen LogP contribution in [0, 0.1) is 17.8 Å². The summed E-state index contributed by atoms with van der Waals surface area (Å²) in [6.45, 7) is 11.2. The Morgan fingerprint density at radius 2 is 1.65 bits per heavy atom. The van der Waals surface area contributed by atoms with Crippen molar-refractivity contribution in [3.05, 3.63) is 47.7 Å². The maximum absolute atomic E-state index is 13.7. The van der Waals surface area contributed by atoms with E-state index in [1.807, 2.05) is 44.2 Å². The van der Waals surface area contributed by atoms with Gasteiger partial charge in [-0.3, -0.25) is 28.8 Å². The van der Waals surface area contributed by atoms with Crippen LogP contribution >= 0.6 is 0 Å². The van der Waals surface area contributed by atoms with Crippen molar-refractivity contribution in [1.29, 1.82) is 0 Å². The Kier molecular flexibility index (Phi) is 15.0. The summed E-state index contributed by atoms with van der Waals surface area (Å²) in [5.74, 6) is -2.67. The van der Waals surface area contributed by atoms with Crippen molar-refractivity contribution in [2.24, 2.45) is 17.8 Å². The van der Waals surface area contributed by atoms with Crippen LogP contribution in [0.1, 0.15) is 79.2 Å². The zero-order valence-electron chi connectivity index (χ0n) is 29.3. The molecule has 3 rings (SSSR count). The standard InChI is InChI=1S/C35H52N6O8/c1-20(2)16-27(39-35(47)30(21(3)4)40-31(43)23(6)37-34(46)28-17-22(5)49-41-28)33(45)38-26(18-25-14-15-36-32(25)44)12-13-29(42)48-19-24-10-8-7-9-11-24/h7-11,17,20-21,23,25-28,30,41H,12-16,18-19H2,1-6H3,(H,36,44)(H,37,46)(H,38,45)(H,39,47)(H,40,43)/t23-,25-,26+,27-,28-,30-/m0/s1. The minimum absolute atomic E-state index is 0.0243. The quantitative estimate of drug-likeness (QED) is 0.124. The molecule has 1 fully saturated rings. The van der Waals surface area contributed by atoms with Gasteiger partial charge in [0.25, 0.3) is 0 Å². The second-order valence-electron chi connectivity index (χ2n) is 13.5. The third kappa shape index (κ3) is 12.8. The first-order chi connectivity index (χ1) is 23.2. The maximum atomic E-state index is 13.7. The lowest BCUT2D eigenvalue weighted by Gasteiger charge is -2.29. The van der Waals surface area contributed by atoms with Gasteiger partial charge in [0.05, 0.1) is 0 Å². The van der Waals surface area contributed by atoms with Gasteiger partial charge < -0.3 is 36.2 Å². The smallest absolute Gasteiger partial charge is 0.306 e. The third-order valence-corrected chi connectivity index (χ3v) is 8.39. The fourth-order valence-electron chi connectivity index (χ4n) is 5.60. The highest BCUT2D eigenvalue weighted by Gasteiger charge is 2.34. The van der Waals surface area contributed by atoms with Crippen molar-refractivity contribution in [2.75, 3.05) is 6.54 Å². The van der Waals surface area contributed by atoms with Crippen LogP contribution in [0.15, 0.2) is 42.2 Å². The molecule has 0 spiro atoms. The number of benzene rings is 1. The minimum Gasteiger partial charge on any atom is -0.461 e. The number of hydrogen-bond donors (Lipinski definition) is 6. The molecule has 5 amide bonds. The average Bonchev–Trinajstić information content (AvgIpc) is 3.68. The fourth-order valence-corrected chi connectivity index (χ4v) is 5.60. The number of carbonyl (C=O) groups is 6. The molecule has 270 valence electrons. The summed E-state index contributed by atoms with van der Waals surface area (Å²) in [5.41, 5.74) is 3.41. The van der Waals surface area contributed by atoms with E-state index in [0.717, 1.165) is 5.56 Å². The molecule has 1 saturated heterocycles. The van der Waals surface area contributed by atoms with Crippen molar-refractivity contribution < 1.29 is 38.3 Å². The van der Waals surface area contributed by atoms with E-state index in [0.29, 0.717) is 31.6 Å². The van der Waals surface area contributed by atoms with Crippen LogP contribution in [0.4, 0.5) is 0 Å². The Hall–Kier alpha value is -4.46. The predicted octanol–water partition coefficient (Wildman–Crippen LogP) is 1.50. The van der Waals surface area contributed by atoms with Crippen LogP contribution in [-0.2, 0) is 44.9 Å². The summed E-state index contributed by atoms with van der Waals surface area (Å²) < 4.78 is 5.42. The van der Waals surface area contributed by atoms with E-state index in [-0.39, 0.29) is 43.1 Å². The van der Waals surface area contributed by atoms with Gasteiger partial charge in [-0.1, -0.05) is 58.0 Å². The number of amides is 5. The molecule has 0 unspecified atom stereocenters. The molecule has 2 aliphatic heterocycles. The van der Waals surface area contributed by atoms with E-state index in [4.69, 9.17) is 9.57 Å². The van der Waals surface area contributed by atoms with Crippen molar-refractivity contribution in [3.8, 4) is 0 Å². The zero-order chi connectivity index (χ0) is 36.1. The molecule has 0 aromatic heterocycles. The van der Waals surface area contributed by atoms with Gasteiger partial charge in [0.1, 0.15) is 36.5 Å². The lowest BCUT2D eigenvalue weighted by atomic mass is 9.94. The van der Waals surface area contributed by atoms with E-state index in [9.17, 15) is 28.8 Å². The molecule has 2 heterocycles. The van der Waals surface area contributed by atoms with E-state index in [1.165, 1.54) is 6.92 Å². The third-order valence-electron chi connectivity index (χ3n) is 8.39. The molecule has 0 bridgehead atoms. The molecule has 2 aliphatic rings. The van der Waals surface area contributed by atoms with Gasteiger partial charge in [-0.15, -0.1) is 5.48 Å². The van der Waals surface area contributed by atoms with Gasteiger partial charge in [0, 0.05) is 24.9 Å². The van der Waals surface area contributed by atoms with E-state index in [2.05, 4.69) is 32.1 Å². The predicted molar refractivity (Wildman–Crippen MR) is 181 cm³/mol. The molecule has 6 atom stereocenters. The molecule has 6 N–H and O–H groups in total. The van der Waals surface area contributed by atoms with Crippen molar-refractivity contribution in [1.82, 2.24) is 32.1 Å². The summed E-state index contributed by atoms with van der Waals surface area (Å²) >= 11 is 0. The topological polar surface area (TPSA) is 193 Å². The molecule has 0 aliphatic carbocycles. The molecule has 49 heavy (non-hydrogen) atoms. The largest absolute Gasteiger partial charge is 0.461 e. The first-order valence-corrected chi connectivity index (χ1v) is 17.0. The molecule has 1 aromatic carbocycles. The lowest BCUT2D eigenvalue weighted by molar-refractivity contribution is -0.145. The van der Waals surface area contributed by atoms with Crippen molar-refractivity contribution >= 4 is 35.5 Å². The second kappa shape index (κ2) is 18.9. The highest BCUT2D eigenvalue weighted by atomic mass is 16.7. The molecule has 14 heteroatoms. The molecule has 1 aromatic rings. The minimum atomic E-state index is -0.998. The summed E-state index contributed by atoms with van der Waals surface area (Å²) in [6.07, 6.45) is 3.11. The second-order valence-corrected chi connectivity index (χ2v) is 13.5. The first kappa shape index (κ1) is 39.0. The Labute approximate surface area is 288 Å². The Morgan fingerprint density at radius 1 is 0.939 bits per heavy atom. The Bertz CT molecular complexity index is 1350. The lowest BCUT2D eigenvalue weighted by Crippen LogP contribution is -2.59. The van der Waals surface area contributed by atoms with Gasteiger partial charge >= 0.3 is 5.97 Å². The normalized spacial score (nSPS) is 19.5. The molecule has 0 saturated carbocycles. The summed E-state index contributed by atoms with van der Waals surface area (Å²) in [4.78, 5) is 82.9. The zero-order valence-corrected chi connectivity index (χ0v) is 29.3. The van der Waals surface area contributed by atoms with Crippen LogP contribution in [0.3, 0.4) is 0 Å².